The van der Waals surface area contributed by atoms with Crippen molar-refractivity contribution in [3.63, 3.8) is 0 Å². The van der Waals surface area contributed by atoms with E-state index in [0.29, 0.717) is 29.5 Å². The van der Waals surface area contributed by atoms with Crippen LogP contribution >= 0.6 is 0 Å². The first-order valence-electron chi connectivity index (χ1n) is 9.14. The summed E-state index contributed by atoms with van der Waals surface area (Å²) in [4.78, 5) is 8.53. The molecule has 0 radical (unpaired) electrons. The van der Waals surface area contributed by atoms with E-state index in [-0.39, 0.29) is 12.1 Å². The fourth-order valence-corrected chi connectivity index (χ4v) is 4.49. The molecular weight excluding hydrogens is 366 g/mol. The minimum absolute atomic E-state index is 0.0276. The minimum atomic E-state index is -3.51. The Bertz CT molecular complexity index is 848. The second-order valence-corrected chi connectivity index (χ2v) is 8.30. The normalized spacial score (nSPS) is 20.2. The fourth-order valence-electron chi connectivity index (χ4n) is 3.18. The van der Waals surface area contributed by atoms with Gasteiger partial charge in [-0.1, -0.05) is 19.1 Å². The zero-order valence-corrected chi connectivity index (χ0v) is 16.4. The number of ether oxygens (including phenoxy) is 2. The van der Waals surface area contributed by atoms with Gasteiger partial charge in [0.05, 0.1) is 12.0 Å². The Kier molecular flexibility index (Phi) is 6.28. The topological polar surface area (TPSA) is 90.4 Å². The van der Waals surface area contributed by atoms with E-state index in [1.165, 1.54) is 7.11 Å². The van der Waals surface area contributed by atoms with E-state index < -0.39 is 10.0 Å². The molecule has 146 valence electrons. The smallest absolute Gasteiger partial charge is 0.278 e. The van der Waals surface area contributed by atoms with Crippen LogP contribution in [0.2, 0.25) is 0 Å². The lowest BCUT2D eigenvalue weighted by molar-refractivity contribution is 0.132. The van der Waals surface area contributed by atoms with E-state index in [1.807, 2.05) is 19.1 Å². The van der Waals surface area contributed by atoms with Gasteiger partial charge in [-0.2, -0.15) is 0 Å². The van der Waals surface area contributed by atoms with E-state index >= 15 is 0 Å². The van der Waals surface area contributed by atoms with Crippen LogP contribution in [0, 0.1) is 0 Å². The molecule has 0 amide bonds. The first-order chi connectivity index (χ1) is 13.0. The first-order valence-corrected chi connectivity index (χ1v) is 10.6. The molecule has 8 heteroatoms. The van der Waals surface area contributed by atoms with Crippen molar-refractivity contribution in [2.75, 3.05) is 7.11 Å². The highest BCUT2D eigenvalue weighted by atomic mass is 32.2. The van der Waals surface area contributed by atoms with Crippen LogP contribution in [-0.2, 0) is 16.4 Å². The van der Waals surface area contributed by atoms with Crippen LogP contribution in [0.1, 0.15) is 38.2 Å². The van der Waals surface area contributed by atoms with Crippen molar-refractivity contribution < 1.29 is 17.9 Å². The van der Waals surface area contributed by atoms with E-state index in [4.69, 9.17) is 9.47 Å². The van der Waals surface area contributed by atoms with Crippen molar-refractivity contribution in [2.24, 2.45) is 0 Å². The molecule has 7 nitrogen and oxygen atoms in total. The number of hydrogen-bond acceptors (Lipinski definition) is 6. The third kappa shape index (κ3) is 4.95. The number of benzene rings is 1. The second kappa shape index (κ2) is 8.67. The van der Waals surface area contributed by atoms with Gasteiger partial charge in [0.25, 0.3) is 11.8 Å². The Morgan fingerprint density at radius 2 is 1.67 bits per heavy atom. The van der Waals surface area contributed by atoms with Crippen molar-refractivity contribution in [1.29, 1.82) is 0 Å². The summed E-state index contributed by atoms with van der Waals surface area (Å²) in [5.74, 6) is 0.732. The predicted molar refractivity (Wildman–Crippen MR) is 101 cm³/mol. The largest absolute Gasteiger partial charge is 0.477 e. The molecule has 0 bridgehead atoms. The Morgan fingerprint density at radius 1 is 1.04 bits per heavy atom. The highest BCUT2D eigenvalue weighted by Gasteiger charge is 2.27. The third-order valence-corrected chi connectivity index (χ3v) is 6.28. The molecule has 0 atom stereocenters. The summed E-state index contributed by atoms with van der Waals surface area (Å²) >= 11 is 0. The zero-order valence-electron chi connectivity index (χ0n) is 15.6. The summed E-state index contributed by atoms with van der Waals surface area (Å²) < 4.78 is 39.0. The van der Waals surface area contributed by atoms with Gasteiger partial charge in [0.1, 0.15) is 6.10 Å². The number of nitrogens with one attached hydrogen (secondary N) is 1. The molecule has 0 unspecified atom stereocenters. The van der Waals surface area contributed by atoms with Crippen molar-refractivity contribution in [3.8, 4) is 11.8 Å². The lowest BCUT2D eigenvalue weighted by Gasteiger charge is -2.29. The standard InChI is InChI=1S/C19H25N3O4S/c1-3-14-4-10-17(11-5-14)27(23,24)22-15-6-8-16(9-7-15)26-19-18(25-2)20-12-13-21-19/h4-5,10-13,15-16,22H,3,6-9H2,1-2H3. The summed E-state index contributed by atoms with van der Waals surface area (Å²) in [7, 11) is -1.98. The zero-order chi connectivity index (χ0) is 19.3. The number of rotatable bonds is 7. The van der Waals surface area contributed by atoms with Crippen molar-refractivity contribution >= 4 is 10.0 Å². The Morgan fingerprint density at radius 3 is 2.26 bits per heavy atom. The number of methoxy groups -OCH3 is 1. The molecule has 1 heterocycles. The summed E-state index contributed by atoms with van der Waals surface area (Å²) in [6.45, 7) is 2.04. The molecule has 1 aromatic heterocycles. The SMILES string of the molecule is CCc1ccc(S(=O)(=O)NC2CCC(Oc3nccnc3OC)CC2)cc1. The van der Waals surface area contributed by atoms with Crippen LogP contribution in [0.15, 0.2) is 41.6 Å². The van der Waals surface area contributed by atoms with Crippen LogP contribution in [0.4, 0.5) is 0 Å². The number of hydrogen-bond donors (Lipinski definition) is 1. The van der Waals surface area contributed by atoms with Crippen LogP contribution < -0.4 is 14.2 Å². The van der Waals surface area contributed by atoms with E-state index in [0.717, 1.165) is 24.8 Å². The highest BCUT2D eigenvalue weighted by molar-refractivity contribution is 7.89. The molecule has 0 aliphatic heterocycles. The molecule has 0 spiro atoms. The maximum atomic E-state index is 12.6. The van der Waals surface area contributed by atoms with Gasteiger partial charge >= 0.3 is 0 Å². The average Bonchev–Trinajstić information content (AvgIpc) is 2.70. The van der Waals surface area contributed by atoms with Crippen LogP contribution in [0.3, 0.4) is 0 Å². The van der Waals surface area contributed by atoms with Crippen molar-refractivity contribution in [2.45, 2.75) is 56.1 Å². The lowest BCUT2D eigenvalue weighted by Crippen LogP contribution is -2.39. The van der Waals surface area contributed by atoms with Crippen LogP contribution in [0.5, 0.6) is 11.8 Å². The van der Waals surface area contributed by atoms with Gasteiger partial charge in [-0.3, -0.25) is 0 Å². The van der Waals surface area contributed by atoms with Gasteiger partial charge in [-0.25, -0.2) is 23.1 Å². The molecule has 1 N–H and O–H groups in total. The third-order valence-electron chi connectivity index (χ3n) is 4.74. The van der Waals surface area contributed by atoms with Crippen molar-refractivity contribution in [1.82, 2.24) is 14.7 Å². The van der Waals surface area contributed by atoms with Crippen LogP contribution in [0.25, 0.3) is 0 Å². The van der Waals surface area contributed by atoms with E-state index in [9.17, 15) is 8.42 Å². The highest BCUT2D eigenvalue weighted by Crippen LogP contribution is 2.27. The molecule has 2 aromatic rings. The van der Waals surface area contributed by atoms with Gasteiger partial charge in [0.2, 0.25) is 10.0 Å². The summed E-state index contributed by atoms with van der Waals surface area (Å²) in [6, 6.07) is 6.94. The Labute approximate surface area is 160 Å². The molecule has 1 saturated carbocycles. The molecule has 1 aromatic carbocycles. The molecule has 3 rings (SSSR count). The fraction of sp³-hybridized carbons (Fsp3) is 0.474. The predicted octanol–water partition coefficient (Wildman–Crippen LogP) is 2.72. The molecular formula is C19H25N3O4S. The monoisotopic (exact) mass is 391 g/mol. The quantitative estimate of drug-likeness (QED) is 0.780. The molecule has 27 heavy (non-hydrogen) atoms. The minimum Gasteiger partial charge on any atom is -0.477 e. The van der Waals surface area contributed by atoms with E-state index in [1.54, 1.807) is 24.5 Å². The summed E-state index contributed by atoms with van der Waals surface area (Å²) in [5, 5.41) is 0. The van der Waals surface area contributed by atoms with Gasteiger partial charge in [0.15, 0.2) is 0 Å². The van der Waals surface area contributed by atoms with Gasteiger partial charge in [-0.05, 0) is 49.8 Å². The summed E-state index contributed by atoms with van der Waals surface area (Å²) in [5.41, 5.74) is 1.12. The molecule has 1 fully saturated rings. The number of sulfonamides is 1. The maximum Gasteiger partial charge on any atom is 0.278 e. The average molecular weight is 391 g/mol. The van der Waals surface area contributed by atoms with Crippen LogP contribution in [-0.4, -0.2) is 37.6 Å². The van der Waals surface area contributed by atoms with Crippen molar-refractivity contribution in [3.05, 3.63) is 42.2 Å². The molecule has 0 saturated heterocycles. The van der Waals surface area contributed by atoms with Gasteiger partial charge in [0, 0.05) is 18.4 Å². The van der Waals surface area contributed by atoms with Gasteiger partial charge in [-0.15, -0.1) is 0 Å². The number of aryl methyl sites for hydroxylation is 1. The number of aromatic nitrogens is 2. The second-order valence-electron chi connectivity index (χ2n) is 6.58. The van der Waals surface area contributed by atoms with E-state index in [2.05, 4.69) is 14.7 Å². The Balaban J connectivity index is 1.55. The molecule has 1 aliphatic rings. The maximum absolute atomic E-state index is 12.6. The summed E-state index contributed by atoms with van der Waals surface area (Å²) in [6.07, 6.45) is 6.85. The van der Waals surface area contributed by atoms with Gasteiger partial charge < -0.3 is 9.47 Å². The molecule has 1 aliphatic carbocycles. The Hall–Kier alpha value is -2.19. The lowest BCUT2D eigenvalue weighted by atomic mass is 9.94. The first kappa shape index (κ1) is 19.6. The number of nitrogens with zero attached hydrogens (tertiary/aromatic N) is 2.